The van der Waals surface area contributed by atoms with Crippen LogP contribution < -0.4 is 4.72 Å². The minimum absolute atomic E-state index is 0.00327. The maximum absolute atomic E-state index is 12.5. The van der Waals surface area contributed by atoms with Gasteiger partial charge in [0.05, 0.1) is 32.9 Å². The van der Waals surface area contributed by atoms with E-state index in [4.69, 9.17) is 16.9 Å². The van der Waals surface area contributed by atoms with Gasteiger partial charge >= 0.3 is 0 Å². The van der Waals surface area contributed by atoms with E-state index in [0.717, 1.165) is 0 Å². The number of carbonyl (C=O) groups excluding carboxylic acids is 1. The molecule has 0 aliphatic rings. The Bertz CT molecular complexity index is 1230. The predicted molar refractivity (Wildman–Crippen MR) is 102 cm³/mol. The lowest BCUT2D eigenvalue weighted by molar-refractivity contribution is 0.0976. The van der Waals surface area contributed by atoms with Gasteiger partial charge in [-0.2, -0.15) is 5.26 Å². The number of nitrogens with one attached hydrogen (secondary N) is 1. The summed E-state index contributed by atoms with van der Waals surface area (Å²) in [5, 5.41) is 16.8. The van der Waals surface area contributed by atoms with Crippen LogP contribution in [0.1, 0.15) is 27.3 Å². The lowest BCUT2D eigenvalue weighted by atomic mass is 10.2. The third-order valence-electron chi connectivity index (χ3n) is 4.02. The summed E-state index contributed by atoms with van der Waals surface area (Å²) >= 11 is 6.17. The first-order chi connectivity index (χ1) is 13.2. The summed E-state index contributed by atoms with van der Waals surface area (Å²) in [5.74, 6) is -0.906. The van der Waals surface area contributed by atoms with Gasteiger partial charge in [-0.25, -0.2) is 17.8 Å². The second-order valence-corrected chi connectivity index (χ2v) is 7.97. The van der Waals surface area contributed by atoms with E-state index in [1.54, 1.807) is 44.2 Å². The Hall–Kier alpha value is -3.22. The van der Waals surface area contributed by atoms with Gasteiger partial charge in [0.15, 0.2) is 5.69 Å². The highest BCUT2D eigenvalue weighted by molar-refractivity contribution is 7.90. The van der Waals surface area contributed by atoms with Crippen LogP contribution in [0.4, 0.5) is 0 Å². The van der Waals surface area contributed by atoms with E-state index in [-0.39, 0.29) is 15.6 Å². The number of hydrogen-bond donors (Lipinski definition) is 1. The maximum Gasteiger partial charge on any atom is 0.287 e. The summed E-state index contributed by atoms with van der Waals surface area (Å²) < 4.78 is 28.3. The molecule has 8 nitrogen and oxygen atoms in total. The molecule has 0 aliphatic carbocycles. The zero-order valence-corrected chi connectivity index (χ0v) is 16.4. The van der Waals surface area contributed by atoms with E-state index in [2.05, 4.69) is 10.3 Å². The summed E-state index contributed by atoms with van der Waals surface area (Å²) in [7, 11) is -4.07. The quantitative estimate of drug-likeness (QED) is 0.699. The summed E-state index contributed by atoms with van der Waals surface area (Å²) in [6.07, 6.45) is 0. The van der Waals surface area contributed by atoms with E-state index in [9.17, 15) is 13.2 Å². The number of nitrogens with zero attached hydrogens (tertiary/aromatic N) is 4. The molecule has 1 amide bonds. The average molecular weight is 416 g/mol. The largest absolute Gasteiger partial charge is 0.287 e. The highest BCUT2D eigenvalue weighted by Crippen LogP contribution is 2.23. The van der Waals surface area contributed by atoms with Crippen LogP contribution in [-0.2, 0) is 10.0 Å². The lowest BCUT2D eigenvalue weighted by Crippen LogP contribution is -2.31. The van der Waals surface area contributed by atoms with Gasteiger partial charge in [-0.1, -0.05) is 35.0 Å². The van der Waals surface area contributed by atoms with Crippen molar-refractivity contribution in [2.24, 2.45) is 0 Å². The number of halogens is 1. The second-order valence-electron chi connectivity index (χ2n) is 5.91. The van der Waals surface area contributed by atoms with Gasteiger partial charge in [-0.3, -0.25) is 4.79 Å². The van der Waals surface area contributed by atoms with Crippen LogP contribution in [0, 0.1) is 25.2 Å². The molecule has 142 valence electrons. The van der Waals surface area contributed by atoms with E-state index in [1.807, 2.05) is 10.8 Å². The molecule has 0 radical (unpaired) electrons. The molecule has 3 aromatic rings. The van der Waals surface area contributed by atoms with E-state index in [0.29, 0.717) is 22.5 Å². The number of rotatable bonds is 4. The number of carbonyl (C=O) groups is 1. The standard InChI is InChI=1S/C18H14ClN5O3S/c1-11-5-3-4-6-16(11)28(26,27)22-18(25)17-12(2)24(23-21-17)15-8-7-13(10-20)9-14(15)19/h3-9H,1-2H3,(H,22,25). The molecule has 0 spiro atoms. The first-order valence-electron chi connectivity index (χ1n) is 7.99. The van der Waals surface area contributed by atoms with Gasteiger partial charge in [0.2, 0.25) is 0 Å². The SMILES string of the molecule is Cc1ccccc1S(=O)(=O)NC(=O)c1nnn(-c2ccc(C#N)cc2Cl)c1C. The molecule has 0 atom stereocenters. The van der Waals surface area contributed by atoms with Crippen molar-refractivity contribution in [2.75, 3.05) is 0 Å². The molecule has 1 N–H and O–H groups in total. The van der Waals surface area contributed by atoms with Crippen LogP contribution in [0.15, 0.2) is 47.4 Å². The molecule has 0 unspecified atom stereocenters. The number of sulfonamides is 1. The van der Waals surface area contributed by atoms with Crippen LogP contribution in [0.5, 0.6) is 0 Å². The van der Waals surface area contributed by atoms with Crippen molar-refractivity contribution in [3.8, 4) is 11.8 Å². The Labute approximate surface area is 166 Å². The van der Waals surface area contributed by atoms with E-state index >= 15 is 0 Å². The predicted octanol–water partition coefficient (Wildman–Crippen LogP) is 2.53. The van der Waals surface area contributed by atoms with Crippen LogP contribution in [-0.4, -0.2) is 29.3 Å². The highest BCUT2D eigenvalue weighted by atomic mass is 35.5. The molecule has 1 heterocycles. The highest BCUT2D eigenvalue weighted by Gasteiger charge is 2.25. The normalized spacial score (nSPS) is 11.1. The fourth-order valence-electron chi connectivity index (χ4n) is 2.60. The average Bonchev–Trinajstić information content (AvgIpc) is 3.02. The molecular formula is C18H14ClN5O3S. The topological polar surface area (TPSA) is 118 Å². The van der Waals surface area contributed by atoms with Crippen molar-refractivity contribution in [2.45, 2.75) is 18.7 Å². The molecule has 10 heteroatoms. The van der Waals surface area contributed by atoms with E-state index in [1.165, 1.54) is 16.8 Å². The fraction of sp³-hybridized carbons (Fsp3) is 0.111. The van der Waals surface area contributed by atoms with Crippen molar-refractivity contribution in [3.63, 3.8) is 0 Å². The molecule has 2 aromatic carbocycles. The molecule has 1 aromatic heterocycles. The van der Waals surface area contributed by atoms with Crippen LogP contribution in [0.3, 0.4) is 0 Å². The summed E-state index contributed by atoms with van der Waals surface area (Å²) in [6.45, 7) is 3.19. The Morgan fingerprint density at radius 3 is 2.57 bits per heavy atom. The van der Waals surface area contributed by atoms with Gasteiger partial charge in [0.1, 0.15) is 0 Å². The Morgan fingerprint density at radius 2 is 1.93 bits per heavy atom. The van der Waals surface area contributed by atoms with Crippen LogP contribution in [0.25, 0.3) is 5.69 Å². The molecule has 0 saturated heterocycles. The van der Waals surface area contributed by atoms with Gasteiger partial charge < -0.3 is 0 Å². The maximum atomic E-state index is 12.5. The number of nitriles is 1. The van der Waals surface area contributed by atoms with Crippen molar-refractivity contribution in [1.82, 2.24) is 19.7 Å². The Kier molecular flexibility index (Phi) is 5.18. The lowest BCUT2D eigenvalue weighted by Gasteiger charge is -2.09. The second kappa shape index (κ2) is 7.42. The van der Waals surface area contributed by atoms with Gasteiger partial charge in [0.25, 0.3) is 15.9 Å². The summed E-state index contributed by atoms with van der Waals surface area (Å²) in [4.78, 5) is 12.5. The van der Waals surface area contributed by atoms with Crippen LogP contribution >= 0.6 is 11.6 Å². The van der Waals surface area contributed by atoms with Gasteiger partial charge in [0, 0.05) is 0 Å². The Balaban J connectivity index is 1.93. The van der Waals surface area contributed by atoms with Crippen molar-refractivity contribution < 1.29 is 13.2 Å². The van der Waals surface area contributed by atoms with E-state index < -0.39 is 15.9 Å². The van der Waals surface area contributed by atoms with Crippen LogP contribution in [0.2, 0.25) is 5.02 Å². The van der Waals surface area contributed by atoms with Gasteiger partial charge in [-0.15, -0.1) is 5.10 Å². The third kappa shape index (κ3) is 3.60. The fourth-order valence-corrected chi connectivity index (χ4v) is 4.06. The number of amides is 1. The minimum Gasteiger partial charge on any atom is -0.266 e. The molecule has 28 heavy (non-hydrogen) atoms. The van der Waals surface area contributed by atoms with Crippen molar-refractivity contribution in [1.29, 1.82) is 5.26 Å². The first-order valence-corrected chi connectivity index (χ1v) is 9.86. The number of aryl methyl sites for hydroxylation is 1. The smallest absolute Gasteiger partial charge is 0.266 e. The summed E-state index contributed by atoms with van der Waals surface area (Å²) in [5.41, 5.74) is 1.43. The molecule has 0 aliphatic heterocycles. The minimum atomic E-state index is -4.07. The third-order valence-corrected chi connectivity index (χ3v) is 5.82. The number of hydrogen-bond acceptors (Lipinski definition) is 6. The number of benzene rings is 2. The Morgan fingerprint density at radius 1 is 1.21 bits per heavy atom. The van der Waals surface area contributed by atoms with Gasteiger partial charge in [-0.05, 0) is 43.7 Å². The molecule has 0 fully saturated rings. The molecular weight excluding hydrogens is 402 g/mol. The van der Waals surface area contributed by atoms with Crippen molar-refractivity contribution >= 4 is 27.5 Å². The number of aromatic nitrogens is 3. The zero-order valence-electron chi connectivity index (χ0n) is 14.8. The van der Waals surface area contributed by atoms with Crippen molar-refractivity contribution in [3.05, 3.63) is 70.0 Å². The first kappa shape index (κ1) is 19.5. The monoisotopic (exact) mass is 415 g/mol. The molecule has 0 saturated carbocycles. The molecule has 3 rings (SSSR count). The zero-order chi connectivity index (χ0) is 20.5. The molecule has 0 bridgehead atoms. The summed E-state index contributed by atoms with van der Waals surface area (Å²) in [6, 6.07) is 12.9.